The van der Waals surface area contributed by atoms with Crippen LogP contribution in [0.25, 0.3) is 0 Å². The SMILES string of the molecule is Cc1ccc(C)c(NC(=S)NNC(=O)[C@H](C)Cn2nc(C)c(Br)c2C)c1. The molecule has 1 atom stereocenters. The van der Waals surface area contributed by atoms with Crippen molar-refractivity contribution >= 4 is 44.9 Å². The van der Waals surface area contributed by atoms with Crippen LogP contribution in [0.15, 0.2) is 22.7 Å². The van der Waals surface area contributed by atoms with Crippen molar-refractivity contribution < 1.29 is 4.79 Å². The second-order valence-corrected chi connectivity index (χ2v) is 7.66. The maximum atomic E-state index is 12.3. The van der Waals surface area contributed by atoms with E-state index in [0.717, 1.165) is 32.7 Å². The van der Waals surface area contributed by atoms with Crippen LogP contribution in [0.5, 0.6) is 0 Å². The van der Waals surface area contributed by atoms with Crippen LogP contribution in [0.3, 0.4) is 0 Å². The summed E-state index contributed by atoms with van der Waals surface area (Å²) >= 11 is 8.75. The first kappa shape index (κ1) is 20.4. The zero-order valence-electron chi connectivity index (χ0n) is 15.6. The quantitative estimate of drug-likeness (QED) is 0.503. The minimum Gasteiger partial charge on any atom is -0.331 e. The number of carbonyl (C=O) groups is 1. The van der Waals surface area contributed by atoms with Crippen LogP contribution in [-0.4, -0.2) is 20.8 Å². The van der Waals surface area contributed by atoms with E-state index in [9.17, 15) is 4.79 Å². The van der Waals surface area contributed by atoms with Gasteiger partial charge in [0.05, 0.1) is 22.6 Å². The molecule has 6 nitrogen and oxygen atoms in total. The number of nitrogens with one attached hydrogen (secondary N) is 3. The van der Waals surface area contributed by atoms with Gasteiger partial charge in [-0.1, -0.05) is 19.1 Å². The van der Waals surface area contributed by atoms with Gasteiger partial charge in [-0.25, -0.2) is 0 Å². The first-order valence-corrected chi connectivity index (χ1v) is 9.52. The molecule has 3 N–H and O–H groups in total. The molecule has 8 heteroatoms. The van der Waals surface area contributed by atoms with Gasteiger partial charge in [0.15, 0.2) is 5.11 Å². The van der Waals surface area contributed by atoms with Crippen LogP contribution >= 0.6 is 28.1 Å². The van der Waals surface area contributed by atoms with Crippen LogP contribution in [0.2, 0.25) is 0 Å². The van der Waals surface area contributed by atoms with Gasteiger partial charge in [0.25, 0.3) is 0 Å². The predicted octanol–water partition coefficient (Wildman–Crippen LogP) is 3.53. The van der Waals surface area contributed by atoms with Crippen molar-refractivity contribution in [3.8, 4) is 0 Å². The van der Waals surface area contributed by atoms with E-state index < -0.39 is 0 Å². The lowest BCUT2D eigenvalue weighted by atomic mass is 10.1. The molecule has 2 aromatic rings. The smallest absolute Gasteiger partial charge is 0.243 e. The topological polar surface area (TPSA) is 71.0 Å². The van der Waals surface area contributed by atoms with Crippen LogP contribution < -0.4 is 16.2 Å². The summed E-state index contributed by atoms with van der Waals surface area (Å²) in [6.07, 6.45) is 0. The standard InChI is InChI=1S/C18H24BrN5OS/c1-10-6-7-11(2)15(8-10)20-18(26)22-21-17(25)12(3)9-24-14(5)16(19)13(4)23-24/h6-8,12H,9H2,1-5H3,(H,21,25)(H2,20,22,26)/t12-/m1/s1. The second-order valence-electron chi connectivity index (χ2n) is 6.45. The molecule has 1 amide bonds. The van der Waals surface area contributed by atoms with Gasteiger partial charge >= 0.3 is 0 Å². The van der Waals surface area contributed by atoms with Crippen LogP contribution in [0, 0.1) is 33.6 Å². The molecule has 2 rings (SSSR count). The van der Waals surface area contributed by atoms with Gasteiger partial charge in [0.1, 0.15) is 0 Å². The van der Waals surface area contributed by atoms with E-state index in [-0.39, 0.29) is 11.8 Å². The van der Waals surface area contributed by atoms with Crippen molar-refractivity contribution in [3.05, 3.63) is 45.2 Å². The minimum atomic E-state index is -0.268. The third-order valence-electron chi connectivity index (χ3n) is 4.13. The largest absolute Gasteiger partial charge is 0.331 e. The predicted molar refractivity (Wildman–Crippen MR) is 112 cm³/mol. The number of hydrogen-bond acceptors (Lipinski definition) is 3. The summed E-state index contributed by atoms with van der Waals surface area (Å²) in [6, 6.07) is 6.07. The number of nitrogens with zero attached hydrogens (tertiary/aromatic N) is 2. The average molecular weight is 438 g/mol. The third kappa shape index (κ3) is 5.04. The normalized spacial score (nSPS) is 11.8. The number of aryl methyl sites for hydroxylation is 3. The van der Waals surface area contributed by atoms with E-state index in [2.05, 4.69) is 37.2 Å². The Balaban J connectivity index is 1.88. The van der Waals surface area contributed by atoms with Crippen LogP contribution in [-0.2, 0) is 11.3 Å². The Morgan fingerprint density at radius 1 is 1.27 bits per heavy atom. The lowest BCUT2D eigenvalue weighted by Crippen LogP contribution is -2.46. The van der Waals surface area contributed by atoms with Gasteiger partial charge in [-0.15, -0.1) is 0 Å². The molecular weight excluding hydrogens is 414 g/mol. The maximum Gasteiger partial charge on any atom is 0.243 e. The van der Waals surface area contributed by atoms with Gasteiger partial charge in [0, 0.05) is 11.4 Å². The molecule has 0 unspecified atom stereocenters. The fourth-order valence-electron chi connectivity index (χ4n) is 2.46. The zero-order valence-corrected chi connectivity index (χ0v) is 18.0. The van der Waals surface area contributed by atoms with Gasteiger partial charge in [-0.3, -0.25) is 20.3 Å². The Morgan fingerprint density at radius 2 is 1.96 bits per heavy atom. The van der Waals surface area contributed by atoms with E-state index in [0.29, 0.717) is 11.7 Å². The number of benzene rings is 1. The summed E-state index contributed by atoms with van der Waals surface area (Å²) in [5.41, 5.74) is 10.4. The van der Waals surface area contributed by atoms with E-state index in [4.69, 9.17) is 12.2 Å². The minimum absolute atomic E-state index is 0.154. The van der Waals surface area contributed by atoms with Gasteiger partial charge in [0.2, 0.25) is 5.91 Å². The first-order valence-electron chi connectivity index (χ1n) is 8.32. The Labute approximate surface area is 167 Å². The number of amides is 1. The van der Waals surface area contributed by atoms with Crippen molar-refractivity contribution in [2.45, 2.75) is 41.2 Å². The molecule has 0 aliphatic heterocycles. The molecule has 0 aliphatic rings. The van der Waals surface area contributed by atoms with E-state index in [1.165, 1.54) is 0 Å². The lowest BCUT2D eigenvalue weighted by Gasteiger charge is -2.16. The van der Waals surface area contributed by atoms with E-state index >= 15 is 0 Å². The molecule has 0 radical (unpaired) electrons. The van der Waals surface area contributed by atoms with Crippen LogP contribution in [0.1, 0.15) is 29.4 Å². The molecule has 1 aromatic heterocycles. The highest BCUT2D eigenvalue weighted by Crippen LogP contribution is 2.20. The highest BCUT2D eigenvalue weighted by molar-refractivity contribution is 9.10. The molecule has 140 valence electrons. The van der Waals surface area contributed by atoms with E-state index in [1.54, 1.807) is 0 Å². The van der Waals surface area contributed by atoms with Crippen molar-refractivity contribution in [1.82, 2.24) is 20.6 Å². The lowest BCUT2D eigenvalue weighted by molar-refractivity contribution is -0.125. The Hall–Kier alpha value is -1.93. The van der Waals surface area contributed by atoms with Crippen molar-refractivity contribution in [1.29, 1.82) is 0 Å². The number of thiocarbonyl (C=S) groups is 1. The summed E-state index contributed by atoms with van der Waals surface area (Å²) in [7, 11) is 0. The third-order valence-corrected chi connectivity index (χ3v) is 5.48. The molecule has 0 bridgehead atoms. The molecule has 0 aliphatic carbocycles. The first-order chi connectivity index (χ1) is 12.2. The number of anilines is 1. The number of aromatic nitrogens is 2. The van der Waals surface area contributed by atoms with Crippen molar-refractivity contribution in [2.24, 2.45) is 5.92 Å². The Morgan fingerprint density at radius 3 is 2.58 bits per heavy atom. The van der Waals surface area contributed by atoms with Gasteiger partial charge in [-0.05, 0) is 73.0 Å². The molecule has 0 saturated carbocycles. The summed E-state index contributed by atoms with van der Waals surface area (Å²) in [6.45, 7) is 10.2. The monoisotopic (exact) mass is 437 g/mol. The Kier molecular flexibility index (Phi) is 6.77. The number of hydrogen-bond donors (Lipinski definition) is 3. The molecule has 0 fully saturated rings. The molecular formula is C18H24BrN5OS. The number of carbonyl (C=O) groups excluding carboxylic acids is 1. The highest BCUT2D eigenvalue weighted by Gasteiger charge is 2.17. The number of hydrazine groups is 1. The summed E-state index contributed by atoms with van der Waals surface area (Å²) in [5, 5.41) is 7.87. The molecule has 1 aromatic carbocycles. The van der Waals surface area contributed by atoms with Crippen LogP contribution in [0.4, 0.5) is 5.69 Å². The Bertz CT molecular complexity index is 833. The van der Waals surface area contributed by atoms with Gasteiger partial charge < -0.3 is 5.32 Å². The summed E-state index contributed by atoms with van der Waals surface area (Å²) < 4.78 is 2.80. The fourth-order valence-corrected chi connectivity index (χ4v) is 2.91. The van der Waals surface area contributed by atoms with E-state index in [1.807, 2.05) is 57.5 Å². The maximum absolute atomic E-state index is 12.3. The molecule has 0 spiro atoms. The van der Waals surface area contributed by atoms with Crippen molar-refractivity contribution in [2.75, 3.05) is 5.32 Å². The molecule has 0 saturated heterocycles. The summed E-state index contributed by atoms with van der Waals surface area (Å²) in [5.74, 6) is -0.422. The zero-order chi connectivity index (χ0) is 19.4. The highest BCUT2D eigenvalue weighted by atomic mass is 79.9. The fraction of sp³-hybridized carbons (Fsp3) is 0.389. The van der Waals surface area contributed by atoms with Gasteiger partial charge in [-0.2, -0.15) is 5.10 Å². The molecule has 1 heterocycles. The number of rotatable bonds is 4. The molecule has 26 heavy (non-hydrogen) atoms. The average Bonchev–Trinajstić information content (AvgIpc) is 2.83. The number of halogens is 1. The van der Waals surface area contributed by atoms with Crippen molar-refractivity contribution in [3.63, 3.8) is 0 Å². The summed E-state index contributed by atoms with van der Waals surface area (Å²) in [4.78, 5) is 12.3. The second kappa shape index (κ2) is 8.64.